The van der Waals surface area contributed by atoms with Gasteiger partial charge in [0.2, 0.25) is 0 Å². The second-order valence-electron chi connectivity index (χ2n) is 13.2. The van der Waals surface area contributed by atoms with Gasteiger partial charge in [0.15, 0.2) is 17.2 Å². The van der Waals surface area contributed by atoms with E-state index < -0.39 is 17.2 Å². The van der Waals surface area contributed by atoms with Crippen molar-refractivity contribution in [2.75, 3.05) is 0 Å². The number of fused-ring (bicyclic) bond motifs is 6. The molecular weight excluding hydrogens is 670 g/mol. The zero-order chi connectivity index (χ0) is 36.0. The first-order valence-electron chi connectivity index (χ1n) is 17.1. The van der Waals surface area contributed by atoms with Gasteiger partial charge in [-0.2, -0.15) is 0 Å². The minimum absolute atomic E-state index is 0.124. The molecule has 246 valence electrons. The topological polar surface area (TPSA) is 78.5 Å². The molecule has 0 fully saturated rings. The SMILES string of the molecule is [B]c1c(O)c(O)c(O)c([B])c1-c1nc2ccccc2n1-c1ccc(-c2c3ccccc3c(-c3cccc4sc5ccccc5c34)c3ccccc23)cc1. The molecule has 0 bridgehead atoms. The number of para-hydroxylation sites is 2. The molecule has 0 saturated carbocycles. The lowest BCUT2D eigenvalue weighted by molar-refractivity contribution is 0.372. The standard InChI is InChI=1S/C45H26B2N2O3S/c46-40-39(41(47)43(51)44(52)42(40)50)45-48-32-16-6-7-17-33(32)49(45)25-22-20-24(21-23-25)36-26-10-1-3-12-28(26)37(29-13-4-2-11-27(29)36)31-15-9-19-35-38(31)30-14-5-8-18-34(30)53-35/h1-23,50-52H. The Morgan fingerprint density at radius 1 is 0.491 bits per heavy atom. The van der Waals surface area contributed by atoms with Gasteiger partial charge in [-0.25, -0.2) is 4.98 Å². The number of phenolic OH excluding ortho intramolecular Hbond substituents is 3. The summed E-state index contributed by atoms with van der Waals surface area (Å²) in [7, 11) is 12.6. The van der Waals surface area contributed by atoms with Gasteiger partial charge in [-0.05, 0) is 91.1 Å². The predicted octanol–water partition coefficient (Wildman–Crippen LogP) is 9.41. The van der Waals surface area contributed by atoms with Gasteiger partial charge in [0.1, 0.15) is 21.5 Å². The summed E-state index contributed by atoms with van der Waals surface area (Å²) in [6.07, 6.45) is 0. The number of phenols is 3. The van der Waals surface area contributed by atoms with Crippen LogP contribution in [0.25, 0.3) is 92.1 Å². The Kier molecular flexibility index (Phi) is 6.94. The number of benzene rings is 8. The fourth-order valence-electron chi connectivity index (χ4n) is 7.93. The lowest BCUT2D eigenvalue weighted by Gasteiger charge is -2.19. The van der Waals surface area contributed by atoms with E-state index in [4.69, 9.17) is 20.7 Å². The van der Waals surface area contributed by atoms with Crippen LogP contribution in [0.5, 0.6) is 17.2 Å². The number of aromatic nitrogens is 2. The Morgan fingerprint density at radius 3 is 1.70 bits per heavy atom. The van der Waals surface area contributed by atoms with Gasteiger partial charge < -0.3 is 15.3 Å². The molecule has 0 unspecified atom stereocenters. The highest BCUT2D eigenvalue weighted by atomic mass is 32.1. The number of rotatable bonds is 4. The second-order valence-corrected chi connectivity index (χ2v) is 14.3. The fourth-order valence-corrected chi connectivity index (χ4v) is 9.07. The Morgan fingerprint density at radius 2 is 1.04 bits per heavy atom. The Balaban J connectivity index is 1.20. The molecule has 2 aromatic heterocycles. The van der Waals surface area contributed by atoms with Crippen molar-refractivity contribution in [1.29, 1.82) is 0 Å². The first-order chi connectivity index (χ1) is 25.9. The van der Waals surface area contributed by atoms with Crippen molar-refractivity contribution in [2.24, 2.45) is 0 Å². The van der Waals surface area contributed by atoms with Crippen molar-refractivity contribution < 1.29 is 15.3 Å². The Hall–Kier alpha value is -6.50. The third kappa shape index (κ3) is 4.55. The molecule has 0 atom stereocenters. The molecule has 10 aromatic rings. The normalized spacial score (nSPS) is 11.8. The molecule has 8 aromatic carbocycles. The molecule has 0 aliphatic heterocycles. The number of aromatic hydroxyl groups is 3. The van der Waals surface area contributed by atoms with E-state index in [1.54, 1.807) is 0 Å². The quantitative estimate of drug-likeness (QED) is 0.0974. The van der Waals surface area contributed by atoms with E-state index in [2.05, 4.69) is 103 Å². The molecule has 2 heterocycles. The molecule has 8 heteroatoms. The van der Waals surface area contributed by atoms with Gasteiger partial charge in [0.05, 0.1) is 11.0 Å². The molecule has 0 saturated heterocycles. The van der Waals surface area contributed by atoms with Gasteiger partial charge >= 0.3 is 0 Å². The first kappa shape index (κ1) is 31.3. The highest BCUT2D eigenvalue weighted by Crippen LogP contribution is 2.48. The lowest BCUT2D eigenvalue weighted by atomic mass is 9.78. The largest absolute Gasteiger partial charge is 0.505 e. The summed E-state index contributed by atoms with van der Waals surface area (Å²) >= 11 is 1.83. The van der Waals surface area contributed by atoms with Crippen LogP contribution in [0, 0.1) is 0 Å². The number of nitrogens with zero attached hydrogens (tertiary/aromatic N) is 2. The Bertz CT molecular complexity index is 3040. The number of hydrogen-bond acceptors (Lipinski definition) is 5. The maximum atomic E-state index is 10.6. The molecule has 0 aliphatic rings. The van der Waals surface area contributed by atoms with Crippen LogP contribution in [0.2, 0.25) is 0 Å². The van der Waals surface area contributed by atoms with Crippen LogP contribution in [0.3, 0.4) is 0 Å². The second kappa shape index (κ2) is 11.8. The van der Waals surface area contributed by atoms with Crippen molar-refractivity contribution in [1.82, 2.24) is 9.55 Å². The van der Waals surface area contributed by atoms with E-state index >= 15 is 0 Å². The van der Waals surface area contributed by atoms with E-state index in [-0.39, 0.29) is 16.5 Å². The average Bonchev–Trinajstić information content (AvgIpc) is 3.77. The van der Waals surface area contributed by atoms with E-state index in [1.165, 1.54) is 42.1 Å². The van der Waals surface area contributed by atoms with E-state index in [0.717, 1.165) is 33.1 Å². The van der Waals surface area contributed by atoms with Gasteiger partial charge in [0, 0.05) is 31.4 Å². The van der Waals surface area contributed by atoms with Crippen molar-refractivity contribution in [3.63, 3.8) is 0 Å². The molecule has 5 nitrogen and oxygen atoms in total. The summed E-state index contributed by atoms with van der Waals surface area (Å²) in [6.45, 7) is 0. The van der Waals surface area contributed by atoms with Crippen molar-refractivity contribution in [3.8, 4) is 56.6 Å². The smallest absolute Gasteiger partial charge is 0.199 e. The predicted molar refractivity (Wildman–Crippen MR) is 221 cm³/mol. The monoisotopic (exact) mass is 696 g/mol. The van der Waals surface area contributed by atoms with Crippen LogP contribution < -0.4 is 10.9 Å². The van der Waals surface area contributed by atoms with E-state index in [9.17, 15) is 15.3 Å². The summed E-state index contributed by atoms with van der Waals surface area (Å²) in [5.41, 5.74) is 6.57. The molecular formula is C45H26B2N2O3S. The highest BCUT2D eigenvalue weighted by molar-refractivity contribution is 7.26. The number of thiophene rings is 1. The number of hydrogen-bond donors (Lipinski definition) is 3. The summed E-state index contributed by atoms with van der Waals surface area (Å²) in [5.74, 6) is -1.78. The summed E-state index contributed by atoms with van der Waals surface area (Å²) in [6, 6.07) is 48.4. The summed E-state index contributed by atoms with van der Waals surface area (Å²) in [4.78, 5) is 4.83. The number of imidazole rings is 1. The average molecular weight is 696 g/mol. The van der Waals surface area contributed by atoms with Crippen LogP contribution in [-0.4, -0.2) is 40.6 Å². The van der Waals surface area contributed by atoms with Gasteiger partial charge in [0.25, 0.3) is 0 Å². The summed E-state index contributed by atoms with van der Waals surface area (Å²) in [5, 5.41) is 38.6. The third-order valence-electron chi connectivity index (χ3n) is 10.3. The third-order valence-corrected chi connectivity index (χ3v) is 11.4. The van der Waals surface area contributed by atoms with Crippen molar-refractivity contribution in [3.05, 3.63) is 140 Å². The lowest BCUT2D eigenvalue weighted by Crippen LogP contribution is -2.22. The van der Waals surface area contributed by atoms with Crippen molar-refractivity contribution >= 4 is 90.7 Å². The summed E-state index contributed by atoms with van der Waals surface area (Å²) < 4.78 is 4.44. The van der Waals surface area contributed by atoms with Crippen LogP contribution in [-0.2, 0) is 0 Å². The van der Waals surface area contributed by atoms with Gasteiger partial charge in [-0.3, -0.25) is 4.57 Å². The fraction of sp³-hybridized carbons (Fsp3) is 0. The zero-order valence-corrected chi connectivity index (χ0v) is 28.9. The maximum Gasteiger partial charge on any atom is 0.199 e. The van der Waals surface area contributed by atoms with Crippen LogP contribution in [0.15, 0.2) is 140 Å². The molecule has 4 radical (unpaired) electrons. The van der Waals surface area contributed by atoms with Gasteiger partial charge in [-0.1, -0.05) is 103 Å². The minimum Gasteiger partial charge on any atom is -0.505 e. The molecule has 0 spiro atoms. The molecule has 0 amide bonds. The molecule has 53 heavy (non-hydrogen) atoms. The zero-order valence-electron chi connectivity index (χ0n) is 28.1. The van der Waals surface area contributed by atoms with Crippen molar-refractivity contribution in [2.45, 2.75) is 0 Å². The van der Waals surface area contributed by atoms with Crippen LogP contribution >= 0.6 is 11.3 Å². The minimum atomic E-state index is -0.776. The Labute approximate surface area is 310 Å². The maximum absolute atomic E-state index is 10.6. The van der Waals surface area contributed by atoms with Gasteiger partial charge in [-0.15, -0.1) is 11.3 Å². The van der Waals surface area contributed by atoms with Crippen LogP contribution in [0.1, 0.15) is 0 Å². The van der Waals surface area contributed by atoms with E-state index in [0.29, 0.717) is 11.3 Å². The van der Waals surface area contributed by atoms with E-state index in [1.807, 2.05) is 52.3 Å². The molecule has 3 N–H and O–H groups in total. The first-order valence-corrected chi connectivity index (χ1v) is 18.0. The molecule has 10 rings (SSSR count). The highest BCUT2D eigenvalue weighted by Gasteiger charge is 2.25. The van der Waals surface area contributed by atoms with Crippen LogP contribution in [0.4, 0.5) is 0 Å². The molecule has 0 aliphatic carbocycles.